The first kappa shape index (κ1) is 42.9. The van der Waals surface area contributed by atoms with Gasteiger partial charge in [-0.3, -0.25) is 9.59 Å². The number of allylic oxidation sites excluding steroid dienone is 2. The van der Waals surface area contributed by atoms with E-state index in [-0.39, 0.29) is 35.6 Å². The van der Waals surface area contributed by atoms with Gasteiger partial charge in [0.05, 0.1) is 18.8 Å². The molecule has 10 heteroatoms. The number of anilines is 1. The lowest BCUT2D eigenvalue weighted by molar-refractivity contribution is -0.133. The van der Waals surface area contributed by atoms with Crippen molar-refractivity contribution in [2.45, 2.75) is 109 Å². The van der Waals surface area contributed by atoms with Crippen LogP contribution < -0.4 is 20.1 Å². The molecule has 6 atom stereocenters. The summed E-state index contributed by atoms with van der Waals surface area (Å²) in [6.07, 6.45) is 15.7. The molecule has 2 fully saturated rings. The average molecular weight is 770 g/mol. The van der Waals surface area contributed by atoms with Gasteiger partial charge in [0.1, 0.15) is 5.75 Å². The molecular weight excluding hydrogens is 704 g/mol. The monoisotopic (exact) mass is 768 g/mol. The van der Waals surface area contributed by atoms with E-state index in [0.717, 1.165) is 88.1 Å². The van der Waals surface area contributed by atoms with Gasteiger partial charge < -0.3 is 30.1 Å². The second-order valence-electron chi connectivity index (χ2n) is 15.1. The van der Waals surface area contributed by atoms with E-state index in [1.807, 2.05) is 24.3 Å². The van der Waals surface area contributed by atoms with Crippen LogP contribution in [-0.2, 0) is 11.2 Å². The summed E-state index contributed by atoms with van der Waals surface area (Å²) in [6.45, 7) is 11.8. The average Bonchev–Trinajstić information content (AvgIpc) is 3.34. The van der Waals surface area contributed by atoms with Gasteiger partial charge in [0.25, 0.3) is 5.91 Å². The van der Waals surface area contributed by atoms with Crippen molar-refractivity contribution in [1.29, 1.82) is 0 Å². The first-order chi connectivity index (χ1) is 25.6. The van der Waals surface area contributed by atoms with Crippen LogP contribution in [0, 0.1) is 17.8 Å². The molecule has 1 aliphatic carbocycles. The number of aliphatic hydroxyl groups is 1. The summed E-state index contributed by atoms with van der Waals surface area (Å²) in [4.78, 5) is 30.7. The van der Waals surface area contributed by atoms with E-state index >= 15 is 0 Å². The number of rotatable bonds is 15. The highest BCUT2D eigenvalue weighted by atomic mass is 35.5. The van der Waals surface area contributed by atoms with Gasteiger partial charge in [-0.05, 0) is 117 Å². The van der Waals surface area contributed by atoms with Gasteiger partial charge in [-0.1, -0.05) is 80.5 Å². The summed E-state index contributed by atoms with van der Waals surface area (Å²) in [5, 5.41) is 8.03. The molecule has 0 spiro atoms. The Balaban J connectivity index is 0.00000308. The van der Waals surface area contributed by atoms with Gasteiger partial charge in [-0.15, -0.1) is 0 Å². The summed E-state index contributed by atoms with van der Waals surface area (Å²) in [5.74, 6) is 6.71. The van der Waals surface area contributed by atoms with Gasteiger partial charge in [0.15, 0.2) is 0 Å². The number of fused-ring (bicyclic) bond motifs is 1. The summed E-state index contributed by atoms with van der Waals surface area (Å²) >= 11 is 6.50. The van der Waals surface area contributed by atoms with Crippen molar-refractivity contribution in [2.75, 3.05) is 44.8 Å². The largest absolute Gasteiger partial charge is 0.491 e. The van der Waals surface area contributed by atoms with E-state index in [9.17, 15) is 9.59 Å². The number of halogens is 1. The Bertz CT molecular complexity index is 1550. The lowest BCUT2D eigenvalue weighted by Gasteiger charge is -2.45. The predicted molar refractivity (Wildman–Crippen MR) is 225 cm³/mol. The van der Waals surface area contributed by atoms with E-state index in [2.05, 4.69) is 72.4 Å². The topological polar surface area (TPSA) is 108 Å². The Kier molecular flexibility index (Phi) is 17.2. The molecule has 2 amide bonds. The van der Waals surface area contributed by atoms with E-state index in [1.165, 1.54) is 30.4 Å². The molecule has 0 radical (unpaired) electrons. The van der Waals surface area contributed by atoms with Gasteiger partial charge in [-0.25, -0.2) is 0 Å². The third-order valence-electron chi connectivity index (χ3n) is 11.4. The zero-order valence-electron chi connectivity index (χ0n) is 32.8. The van der Waals surface area contributed by atoms with Crippen molar-refractivity contribution >= 4 is 45.6 Å². The lowest BCUT2D eigenvalue weighted by atomic mass is 9.65. The molecule has 2 aromatic rings. The van der Waals surface area contributed by atoms with Crippen molar-refractivity contribution in [3.8, 4) is 5.75 Å². The molecule has 0 aromatic heterocycles. The number of nitrogens with zero attached hydrogens (tertiary/aromatic N) is 2. The minimum Gasteiger partial charge on any atom is -0.491 e. The van der Waals surface area contributed by atoms with Crippen LogP contribution >= 0.6 is 22.3 Å². The molecule has 0 bridgehead atoms. The number of aliphatic hydroxyl groups excluding tert-OH is 1. The quantitative estimate of drug-likeness (QED) is 0.124. The van der Waals surface area contributed by atoms with Crippen LogP contribution in [0.5, 0.6) is 5.75 Å². The van der Waals surface area contributed by atoms with Crippen LogP contribution in [0.15, 0.2) is 48.6 Å². The van der Waals surface area contributed by atoms with E-state index < -0.39 is 10.7 Å². The molecule has 2 aliphatic heterocycles. The number of aryl methyl sites for hydroxylation is 1. The highest BCUT2D eigenvalue weighted by molar-refractivity contribution is 8.13. The lowest BCUT2D eigenvalue weighted by Crippen LogP contribution is -2.47. The normalized spacial score (nSPS) is 22.5. The van der Waals surface area contributed by atoms with E-state index in [1.54, 1.807) is 0 Å². The molecule has 2 heterocycles. The molecule has 1 saturated heterocycles. The van der Waals surface area contributed by atoms with Gasteiger partial charge in [0.2, 0.25) is 5.91 Å². The number of carbonyl (C=O) groups excluding carboxylic acids is 2. The zero-order chi connectivity index (χ0) is 38.5. The minimum atomic E-state index is -0.468. The Morgan fingerprint density at radius 2 is 1.92 bits per heavy atom. The SMILES string of the molecule is C=S(NC(=O)c1ccc2c(c1)N(CC1CCC1[C@@H](/C=C/CC)CCC1CCCCN1C(=O)CN)CC(c1ccc(Cl)cc1CCC)CO2)C(C)C.CO. The van der Waals surface area contributed by atoms with E-state index in [0.29, 0.717) is 29.9 Å². The number of likely N-dealkylation sites (tertiary alicyclic amines) is 1. The highest BCUT2D eigenvalue weighted by Crippen LogP contribution is 2.46. The van der Waals surface area contributed by atoms with E-state index in [4.69, 9.17) is 27.2 Å². The van der Waals surface area contributed by atoms with Crippen LogP contribution in [-0.4, -0.2) is 78.9 Å². The number of hydrogen-bond acceptors (Lipinski definition) is 6. The van der Waals surface area contributed by atoms with Crippen molar-refractivity contribution < 1.29 is 19.4 Å². The highest BCUT2D eigenvalue weighted by Gasteiger charge is 2.39. The van der Waals surface area contributed by atoms with Gasteiger partial charge >= 0.3 is 0 Å². The maximum atomic E-state index is 13.4. The fourth-order valence-electron chi connectivity index (χ4n) is 8.31. The number of nitrogens with one attached hydrogen (secondary N) is 1. The molecular formula is C43H65ClN4O4S. The van der Waals surface area contributed by atoms with Crippen LogP contribution in [0.2, 0.25) is 5.02 Å². The Morgan fingerprint density at radius 3 is 2.60 bits per heavy atom. The minimum absolute atomic E-state index is 0.0877. The predicted octanol–water partition coefficient (Wildman–Crippen LogP) is 8.37. The Morgan fingerprint density at radius 1 is 1.13 bits per heavy atom. The smallest absolute Gasteiger partial charge is 0.260 e. The molecule has 53 heavy (non-hydrogen) atoms. The van der Waals surface area contributed by atoms with Crippen LogP contribution in [0.3, 0.4) is 0 Å². The number of benzene rings is 2. The molecule has 1 saturated carbocycles. The fourth-order valence-corrected chi connectivity index (χ4v) is 9.10. The number of amides is 2. The third-order valence-corrected chi connectivity index (χ3v) is 13.2. The maximum absolute atomic E-state index is 13.4. The summed E-state index contributed by atoms with van der Waals surface area (Å²) < 4.78 is 9.72. The molecule has 4 N–H and O–H groups in total. The maximum Gasteiger partial charge on any atom is 0.260 e. The number of nitrogens with two attached hydrogens (primary N) is 1. The van der Waals surface area contributed by atoms with Gasteiger partial charge in [-0.2, -0.15) is 0 Å². The van der Waals surface area contributed by atoms with Crippen LogP contribution in [0.25, 0.3) is 0 Å². The van der Waals surface area contributed by atoms with Crippen LogP contribution in [0.1, 0.15) is 113 Å². The summed E-state index contributed by atoms with van der Waals surface area (Å²) in [6, 6.07) is 12.5. The summed E-state index contributed by atoms with van der Waals surface area (Å²) in [7, 11) is 0.532. The zero-order valence-corrected chi connectivity index (χ0v) is 34.4. The number of ether oxygens (including phenoxy) is 1. The molecule has 294 valence electrons. The molecule has 5 rings (SSSR count). The molecule has 5 unspecified atom stereocenters. The molecule has 3 aliphatic rings. The Hall–Kier alpha value is -2.85. The van der Waals surface area contributed by atoms with Crippen molar-refractivity contribution in [2.24, 2.45) is 23.5 Å². The molecule has 2 aromatic carbocycles. The van der Waals surface area contributed by atoms with Gasteiger partial charge in [0, 0.05) is 54.5 Å². The number of carbonyl (C=O) groups is 2. The van der Waals surface area contributed by atoms with Crippen molar-refractivity contribution in [3.05, 3.63) is 70.3 Å². The first-order valence-electron chi connectivity index (χ1n) is 19.9. The third kappa shape index (κ3) is 11.3. The first-order valence-corrected chi connectivity index (χ1v) is 21.7. The number of piperidine rings is 1. The second kappa shape index (κ2) is 21.3. The van der Waals surface area contributed by atoms with Crippen LogP contribution in [0.4, 0.5) is 5.69 Å². The van der Waals surface area contributed by atoms with Crippen molar-refractivity contribution in [3.63, 3.8) is 0 Å². The molecule has 8 nitrogen and oxygen atoms in total. The fraction of sp³-hybridized carbons (Fsp3) is 0.605. The second-order valence-corrected chi connectivity index (χ2v) is 17.6. The Labute approximate surface area is 326 Å². The summed E-state index contributed by atoms with van der Waals surface area (Å²) in [5.41, 5.74) is 10.0. The van der Waals surface area contributed by atoms with Crippen molar-refractivity contribution in [1.82, 2.24) is 9.62 Å². The standard InChI is InChI=1S/C42H61ClN4O3S.CH4O/c1-6-8-12-30(14-18-36-13-9-10-22-47(36)41(48)25-44)37-19-15-33(37)26-46-27-34(38-20-17-35(43)23-31(38)11-7-2)28-50-40-21-16-32(24-39(40)46)42(49)45-51(5)29(3)4;1-2/h8,12,16-17,20-21,23-24,29-30,33-34,36-37H,5-7,9-11,13-15,18-19,22,25-28,44H2,1-4H3,(H,45,49);2H,1H3/b12-8+;/t30-,33?,34?,36?,37?,51?;/m0./s1. The number of hydrogen-bond donors (Lipinski definition) is 3.